The van der Waals surface area contributed by atoms with Crippen molar-refractivity contribution in [2.75, 3.05) is 33.9 Å². The Morgan fingerprint density at radius 2 is 1.79 bits per heavy atom. The molecule has 1 heterocycles. The van der Waals surface area contributed by atoms with Crippen LogP contribution < -0.4 is 14.8 Å². The number of hydrogen-bond acceptors (Lipinski definition) is 4. The summed E-state index contributed by atoms with van der Waals surface area (Å²) in [5, 5.41) is 2.89. The minimum Gasteiger partial charge on any atom is -0.497 e. The van der Waals surface area contributed by atoms with E-state index in [4.69, 9.17) is 9.47 Å². The lowest BCUT2D eigenvalue weighted by Gasteiger charge is -2.18. The normalized spacial score (nSPS) is 13.5. The molecule has 1 aliphatic rings. The van der Waals surface area contributed by atoms with E-state index in [1.165, 1.54) is 0 Å². The molecule has 7 heteroatoms. The van der Waals surface area contributed by atoms with Gasteiger partial charge < -0.3 is 24.6 Å². The topological polar surface area (TPSA) is 71.1 Å². The monoisotopic (exact) mass is 397 g/mol. The zero-order valence-corrected chi connectivity index (χ0v) is 16.9. The average Bonchev–Trinajstić information content (AvgIpc) is 3.10. The van der Waals surface area contributed by atoms with Crippen LogP contribution >= 0.6 is 0 Å². The Balaban J connectivity index is 1.44. The summed E-state index contributed by atoms with van der Waals surface area (Å²) < 4.78 is 10.5. The molecule has 1 saturated heterocycles. The highest BCUT2D eigenvalue weighted by Crippen LogP contribution is 2.24. The fourth-order valence-electron chi connectivity index (χ4n) is 3.31. The van der Waals surface area contributed by atoms with Crippen LogP contribution in [0, 0.1) is 0 Å². The number of amides is 3. The molecule has 0 unspecified atom stereocenters. The molecule has 2 aromatic rings. The highest BCUT2D eigenvalue weighted by Gasteiger charge is 2.28. The Morgan fingerprint density at radius 1 is 1.03 bits per heavy atom. The number of hydrogen-bond donors (Lipinski definition) is 1. The number of benzene rings is 2. The molecule has 0 saturated carbocycles. The molecule has 0 atom stereocenters. The number of urea groups is 1. The van der Waals surface area contributed by atoms with Gasteiger partial charge in [0.15, 0.2) is 0 Å². The van der Waals surface area contributed by atoms with Gasteiger partial charge in [-0.3, -0.25) is 4.79 Å². The predicted octanol–water partition coefficient (Wildman–Crippen LogP) is 2.65. The molecule has 3 amide bonds. The maximum absolute atomic E-state index is 12.5. The largest absolute Gasteiger partial charge is 0.497 e. The van der Waals surface area contributed by atoms with Crippen LogP contribution in [0.15, 0.2) is 48.5 Å². The van der Waals surface area contributed by atoms with Gasteiger partial charge in [-0.25, -0.2) is 4.79 Å². The third-order valence-electron chi connectivity index (χ3n) is 4.98. The summed E-state index contributed by atoms with van der Waals surface area (Å²) in [6.45, 7) is 2.69. The summed E-state index contributed by atoms with van der Waals surface area (Å²) >= 11 is 0. The van der Waals surface area contributed by atoms with Crippen molar-refractivity contribution < 1.29 is 19.1 Å². The number of rotatable bonds is 9. The molecule has 1 aliphatic heterocycles. The number of methoxy groups -OCH3 is 2. The number of nitrogens with one attached hydrogen (secondary N) is 1. The number of carbonyl (C=O) groups is 2. The molecule has 1 N–H and O–H groups in total. The summed E-state index contributed by atoms with van der Waals surface area (Å²) in [5.74, 6) is 1.26. The first kappa shape index (κ1) is 20.5. The Morgan fingerprint density at radius 3 is 2.52 bits per heavy atom. The van der Waals surface area contributed by atoms with Crippen LogP contribution in [0.2, 0.25) is 0 Å². The van der Waals surface area contributed by atoms with Crippen molar-refractivity contribution in [1.29, 1.82) is 0 Å². The van der Waals surface area contributed by atoms with E-state index in [0.29, 0.717) is 44.2 Å². The van der Waals surface area contributed by atoms with Crippen molar-refractivity contribution in [1.82, 2.24) is 15.1 Å². The minimum atomic E-state index is -0.0998. The molecule has 0 radical (unpaired) electrons. The van der Waals surface area contributed by atoms with Gasteiger partial charge in [-0.1, -0.05) is 30.3 Å². The van der Waals surface area contributed by atoms with Crippen LogP contribution in [0.25, 0.3) is 0 Å². The van der Waals surface area contributed by atoms with E-state index in [0.717, 1.165) is 11.1 Å². The second-order valence-corrected chi connectivity index (χ2v) is 6.88. The van der Waals surface area contributed by atoms with Gasteiger partial charge in [-0.05, 0) is 17.7 Å². The lowest BCUT2D eigenvalue weighted by Crippen LogP contribution is -2.34. The van der Waals surface area contributed by atoms with E-state index in [1.807, 2.05) is 47.4 Å². The molecule has 2 aromatic carbocycles. The van der Waals surface area contributed by atoms with Gasteiger partial charge in [-0.15, -0.1) is 0 Å². The van der Waals surface area contributed by atoms with Crippen LogP contribution in [0.5, 0.6) is 11.5 Å². The quantitative estimate of drug-likeness (QED) is 0.706. The first-order valence-corrected chi connectivity index (χ1v) is 9.66. The average molecular weight is 397 g/mol. The predicted molar refractivity (Wildman–Crippen MR) is 110 cm³/mol. The first-order chi connectivity index (χ1) is 14.1. The highest BCUT2D eigenvalue weighted by atomic mass is 16.5. The SMILES string of the molecule is COc1ccc(CNC(=O)CCN2CCN(Cc3ccccc3)C2=O)c(OC)c1. The van der Waals surface area contributed by atoms with Gasteiger partial charge in [0, 0.05) is 50.8 Å². The first-order valence-electron chi connectivity index (χ1n) is 9.66. The minimum absolute atomic E-state index is 0.0153. The van der Waals surface area contributed by atoms with Crippen molar-refractivity contribution >= 4 is 11.9 Å². The van der Waals surface area contributed by atoms with Crippen molar-refractivity contribution in [2.24, 2.45) is 0 Å². The standard InChI is InChI=1S/C22H27N3O4/c1-28-19-9-8-18(20(14-19)29-2)15-23-21(26)10-11-24-12-13-25(22(24)27)16-17-6-4-3-5-7-17/h3-9,14H,10-13,15-16H2,1-2H3,(H,23,26). The fraction of sp³-hybridized carbons (Fsp3) is 0.364. The van der Waals surface area contributed by atoms with Crippen LogP contribution in [-0.2, 0) is 17.9 Å². The number of carbonyl (C=O) groups excluding carboxylic acids is 2. The Hall–Kier alpha value is -3.22. The summed E-state index contributed by atoms with van der Waals surface area (Å²) in [6.07, 6.45) is 0.267. The summed E-state index contributed by atoms with van der Waals surface area (Å²) in [6, 6.07) is 15.4. The second kappa shape index (κ2) is 9.82. The molecule has 0 bridgehead atoms. The molecule has 0 aromatic heterocycles. The van der Waals surface area contributed by atoms with Crippen LogP contribution in [0.4, 0.5) is 4.79 Å². The number of ether oxygens (including phenoxy) is 2. The van der Waals surface area contributed by atoms with E-state index in [9.17, 15) is 9.59 Å². The van der Waals surface area contributed by atoms with Gasteiger partial charge >= 0.3 is 6.03 Å². The zero-order chi connectivity index (χ0) is 20.6. The van der Waals surface area contributed by atoms with E-state index in [-0.39, 0.29) is 18.4 Å². The summed E-state index contributed by atoms with van der Waals surface area (Å²) in [7, 11) is 3.18. The third kappa shape index (κ3) is 5.40. The zero-order valence-electron chi connectivity index (χ0n) is 16.9. The summed E-state index contributed by atoms with van der Waals surface area (Å²) in [4.78, 5) is 28.3. The van der Waals surface area contributed by atoms with E-state index < -0.39 is 0 Å². The van der Waals surface area contributed by atoms with E-state index in [1.54, 1.807) is 25.2 Å². The molecular formula is C22H27N3O4. The van der Waals surface area contributed by atoms with Crippen molar-refractivity contribution in [3.8, 4) is 11.5 Å². The molecular weight excluding hydrogens is 370 g/mol. The van der Waals surface area contributed by atoms with Crippen molar-refractivity contribution in [2.45, 2.75) is 19.5 Å². The Kier molecular flexibility index (Phi) is 6.94. The van der Waals surface area contributed by atoms with Crippen LogP contribution in [0.1, 0.15) is 17.5 Å². The molecule has 29 heavy (non-hydrogen) atoms. The summed E-state index contributed by atoms with van der Waals surface area (Å²) in [5.41, 5.74) is 1.97. The number of nitrogens with zero attached hydrogens (tertiary/aromatic N) is 2. The van der Waals surface area contributed by atoms with Gasteiger partial charge in [0.25, 0.3) is 0 Å². The lowest BCUT2D eigenvalue weighted by molar-refractivity contribution is -0.121. The molecule has 154 valence electrons. The maximum Gasteiger partial charge on any atom is 0.320 e. The van der Waals surface area contributed by atoms with Crippen LogP contribution in [0.3, 0.4) is 0 Å². The lowest BCUT2D eigenvalue weighted by atomic mass is 10.2. The van der Waals surface area contributed by atoms with Gasteiger partial charge in [0.2, 0.25) is 5.91 Å². The Labute approximate surface area is 171 Å². The fourth-order valence-corrected chi connectivity index (χ4v) is 3.31. The van der Waals surface area contributed by atoms with Gasteiger partial charge in [-0.2, -0.15) is 0 Å². The maximum atomic E-state index is 12.5. The molecule has 0 spiro atoms. The molecule has 3 rings (SSSR count). The van der Waals surface area contributed by atoms with E-state index >= 15 is 0 Å². The highest BCUT2D eigenvalue weighted by molar-refractivity contribution is 5.79. The molecule has 0 aliphatic carbocycles. The smallest absolute Gasteiger partial charge is 0.320 e. The second-order valence-electron chi connectivity index (χ2n) is 6.88. The Bertz CT molecular complexity index is 841. The van der Waals surface area contributed by atoms with Crippen molar-refractivity contribution in [3.63, 3.8) is 0 Å². The third-order valence-corrected chi connectivity index (χ3v) is 4.98. The van der Waals surface area contributed by atoms with Gasteiger partial charge in [0.05, 0.1) is 14.2 Å². The molecule has 7 nitrogen and oxygen atoms in total. The van der Waals surface area contributed by atoms with Crippen molar-refractivity contribution in [3.05, 3.63) is 59.7 Å². The van der Waals surface area contributed by atoms with Gasteiger partial charge in [0.1, 0.15) is 11.5 Å². The van der Waals surface area contributed by atoms with E-state index in [2.05, 4.69) is 5.32 Å². The molecule has 1 fully saturated rings. The van der Waals surface area contributed by atoms with Crippen LogP contribution in [-0.4, -0.2) is 55.6 Å².